The number of primary amides is 1. The Balaban J connectivity index is 1.19. The van der Waals surface area contributed by atoms with Crippen LogP contribution in [0.2, 0.25) is 5.02 Å². The van der Waals surface area contributed by atoms with Gasteiger partial charge >= 0.3 is 6.01 Å². The minimum atomic E-state index is -0.989. The lowest BCUT2D eigenvalue weighted by molar-refractivity contribution is -0.120. The topological polar surface area (TPSA) is 170 Å². The first-order valence-corrected chi connectivity index (χ1v) is 12.8. The van der Waals surface area contributed by atoms with Crippen LogP contribution in [-0.4, -0.2) is 41.8 Å². The fourth-order valence-corrected chi connectivity index (χ4v) is 4.57. The van der Waals surface area contributed by atoms with Crippen molar-refractivity contribution in [3.8, 4) is 22.6 Å². The van der Waals surface area contributed by atoms with Crippen molar-refractivity contribution >= 4 is 46.2 Å². The summed E-state index contributed by atoms with van der Waals surface area (Å²) in [5, 5.41) is 19.1. The third-order valence-electron chi connectivity index (χ3n) is 6.39. The van der Waals surface area contributed by atoms with Gasteiger partial charge in [-0.3, -0.25) is 14.3 Å². The van der Waals surface area contributed by atoms with Crippen LogP contribution in [0.25, 0.3) is 33.6 Å². The Kier molecular flexibility index (Phi) is 6.65. The van der Waals surface area contributed by atoms with Crippen LogP contribution in [0.15, 0.2) is 83.8 Å². The minimum Gasteiger partial charge on any atom is -0.403 e. The van der Waals surface area contributed by atoms with E-state index in [1.54, 1.807) is 65.7 Å². The van der Waals surface area contributed by atoms with Crippen LogP contribution in [0.5, 0.6) is 0 Å². The summed E-state index contributed by atoms with van der Waals surface area (Å²) in [6, 6.07) is 14.4. The Bertz CT molecular complexity index is 1890. The summed E-state index contributed by atoms with van der Waals surface area (Å²) in [7, 11) is 1.85. The minimum absolute atomic E-state index is 0.0997. The van der Waals surface area contributed by atoms with Crippen molar-refractivity contribution in [1.29, 1.82) is 0 Å². The van der Waals surface area contributed by atoms with Crippen molar-refractivity contribution in [1.82, 2.24) is 35.3 Å². The predicted octanol–water partition coefficient (Wildman–Crippen LogP) is 4.37. The SMILES string of the molecule is Cn1cc(-c2cnc3[nH]cc(-c4nnc(Nc5ccc(C(=O)NC(C(N)=O)c6ccccc6)cc5Cl)o4)c3c2)cn1. The number of carbonyl (C=O) groups excluding carboxylic acids is 2. The molecule has 2 amide bonds. The van der Waals surface area contributed by atoms with E-state index in [0.717, 1.165) is 16.5 Å². The number of H-pyrrole nitrogens is 1. The number of anilines is 2. The maximum Gasteiger partial charge on any atom is 0.320 e. The number of fused-ring (bicyclic) bond motifs is 1. The van der Waals surface area contributed by atoms with Gasteiger partial charge in [-0.25, -0.2) is 4.98 Å². The first kappa shape index (κ1) is 25.8. The van der Waals surface area contributed by atoms with Crippen LogP contribution in [0.3, 0.4) is 0 Å². The molecule has 4 aromatic heterocycles. The second-order valence-corrected chi connectivity index (χ2v) is 9.58. The van der Waals surface area contributed by atoms with Gasteiger partial charge < -0.3 is 25.8 Å². The Morgan fingerprint density at radius 1 is 1.07 bits per heavy atom. The molecule has 0 spiro atoms. The number of benzene rings is 2. The molecule has 4 heterocycles. The molecule has 6 aromatic rings. The number of aryl methyl sites for hydroxylation is 1. The van der Waals surface area contributed by atoms with E-state index >= 15 is 0 Å². The number of pyridine rings is 1. The highest BCUT2D eigenvalue weighted by molar-refractivity contribution is 6.33. The standard InChI is InChI=1S/C28H22ClN9O3/c1-38-14-18(12-33-38)17-9-19-20(13-32-25(19)31-11-17)27-36-37-28(41-27)34-22-8-7-16(10-21(22)29)26(40)35-23(24(30)39)15-5-3-2-4-6-15/h2-14,23H,1H3,(H2,30,39)(H,31,32)(H,34,37)(H,35,40). The van der Waals surface area contributed by atoms with Crippen LogP contribution in [0, 0.1) is 0 Å². The molecule has 0 radical (unpaired) electrons. The van der Waals surface area contributed by atoms with E-state index in [-0.39, 0.29) is 22.5 Å². The second-order valence-electron chi connectivity index (χ2n) is 9.18. The Labute approximate surface area is 237 Å². The summed E-state index contributed by atoms with van der Waals surface area (Å²) in [6.45, 7) is 0. The molecule has 0 bridgehead atoms. The Morgan fingerprint density at radius 3 is 2.63 bits per heavy atom. The van der Waals surface area contributed by atoms with Gasteiger partial charge in [-0.15, -0.1) is 5.10 Å². The average Bonchev–Trinajstić information content (AvgIpc) is 3.72. The summed E-state index contributed by atoms with van der Waals surface area (Å²) < 4.78 is 7.59. The summed E-state index contributed by atoms with van der Waals surface area (Å²) >= 11 is 6.46. The van der Waals surface area contributed by atoms with E-state index in [4.69, 9.17) is 21.8 Å². The van der Waals surface area contributed by atoms with E-state index in [1.165, 1.54) is 6.07 Å². The van der Waals surface area contributed by atoms with Gasteiger partial charge in [0, 0.05) is 47.7 Å². The van der Waals surface area contributed by atoms with Crippen molar-refractivity contribution in [2.45, 2.75) is 6.04 Å². The molecule has 5 N–H and O–H groups in total. The van der Waals surface area contributed by atoms with Crippen LogP contribution >= 0.6 is 11.6 Å². The fourth-order valence-electron chi connectivity index (χ4n) is 4.34. The second kappa shape index (κ2) is 10.6. The van der Waals surface area contributed by atoms with Crippen LogP contribution in [0.4, 0.5) is 11.7 Å². The third kappa shape index (κ3) is 5.23. The molecular weight excluding hydrogens is 546 g/mol. The zero-order valence-corrected chi connectivity index (χ0v) is 22.3. The molecule has 0 aliphatic rings. The summed E-state index contributed by atoms with van der Waals surface area (Å²) in [6.07, 6.45) is 7.18. The number of nitrogens with two attached hydrogens (primary N) is 1. The molecule has 0 saturated carbocycles. The Morgan fingerprint density at radius 2 is 1.90 bits per heavy atom. The zero-order chi connectivity index (χ0) is 28.5. The summed E-state index contributed by atoms with van der Waals surface area (Å²) in [4.78, 5) is 32.4. The van der Waals surface area contributed by atoms with Gasteiger partial charge in [0.05, 0.1) is 22.5 Å². The average molecular weight is 568 g/mol. The normalized spacial score (nSPS) is 11.9. The highest BCUT2D eigenvalue weighted by atomic mass is 35.5. The molecular formula is C28H22ClN9O3. The predicted molar refractivity (Wildman–Crippen MR) is 152 cm³/mol. The number of amides is 2. The van der Waals surface area contributed by atoms with Crippen LogP contribution in [0.1, 0.15) is 22.0 Å². The van der Waals surface area contributed by atoms with E-state index in [1.807, 2.05) is 19.3 Å². The molecule has 12 nitrogen and oxygen atoms in total. The number of hydrogen-bond acceptors (Lipinski definition) is 8. The van der Waals surface area contributed by atoms with Crippen molar-refractivity contribution < 1.29 is 14.0 Å². The van der Waals surface area contributed by atoms with Gasteiger partial charge in [-0.1, -0.05) is 47.0 Å². The molecule has 0 saturated heterocycles. The van der Waals surface area contributed by atoms with E-state index in [9.17, 15) is 9.59 Å². The fraction of sp³-hybridized carbons (Fsp3) is 0.0714. The van der Waals surface area contributed by atoms with Gasteiger partial charge in [0.25, 0.3) is 11.8 Å². The van der Waals surface area contributed by atoms with Gasteiger partial charge in [-0.05, 0) is 29.8 Å². The molecule has 41 heavy (non-hydrogen) atoms. The third-order valence-corrected chi connectivity index (χ3v) is 6.70. The van der Waals surface area contributed by atoms with Crippen LogP contribution < -0.4 is 16.4 Å². The van der Waals surface area contributed by atoms with Crippen LogP contribution in [-0.2, 0) is 11.8 Å². The number of nitrogens with one attached hydrogen (secondary N) is 3. The lowest BCUT2D eigenvalue weighted by Gasteiger charge is -2.16. The molecule has 13 heteroatoms. The number of halogens is 1. The quantitative estimate of drug-likeness (QED) is 0.210. The number of carbonyl (C=O) groups is 2. The van der Waals surface area contributed by atoms with Crippen molar-refractivity contribution in [3.63, 3.8) is 0 Å². The maximum absolute atomic E-state index is 12.9. The number of nitrogens with zero attached hydrogens (tertiary/aromatic N) is 5. The van der Waals surface area contributed by atoms with E-state index in [0.29, 0.717) is 22.5 Å². The smallest absolute Gasteiger partial charge is 0.320 e. The Hall–Kier alpha value is -5.49. The lowest BCUT2D eigenvalue weighted by atomic mass is 10.1. The molecule has 2 aromatic carbocycles. The van der Waals surface area contributed by atoms with Gasteiger partial charge in [0.15, 0.2) is 0 Å². The molecule has 0 aliphatic heterocycles. The number of aromatic nitrogens is 6. The number of aromatic amines is 1. The molecule has 1 atom stereocenters. The molecule has 6 rings (SSSR count). The maximum atomic E-state index is 12.9. The lowest BCUT2D eigenvalue weighted by Crippen LogP contribution is -2.37. The van der Waals surface area contributed by atoms with Crippen molar-refractivity contribution in [3.05, 3.63) is 95.5 Å². The molecule has 1 unspecified atom stereocenters. The molecule has 0 fully saturated rings. The van der Waals surface area contributed by atoms with Gasteiger partial charge in [0.1, 0.15) is 11.7 Å². The first-order valence-electron chi connectivity index (χ1n) is 12.4. The highest BCUT2D eigenvalue weighted by Crippen LogP contribution is 2.32. The molecule has 0 aliphatic carbocycles. The van der Waals surface area contributed by atoms with E-state index in [2.05, 4.69) is 35.9 Å². The number of hydrogen-bond donors (Lipinski definition) is 4. The monoisotopic (exact) mass is 567 g/mol. The van der Waals surface area contributed by atoms with Crippen molar-refractivity contribution in [2.24, 2.45) is 12.8 Å². The molecule has 204 valence electrons. The first-order chi connectivity index (χ1) is 19.9. The number of rotatable bonds is 8. The van der Waals surface area contributed by atoms with Gasteiger partial charge in [0.2, 0.25) is 5.91 Å². The van der Waals surface area contributed by atoms with Gasteiger partial charge in [-0.2, -0.15) is 5.10 Å². The van der Waals surface area contributed by atoms with E-state index < -0.39 is 17.9 Å². The highest BCUT2D eigenvalue weighted by Gasteiger charge is 2.22. The zero-order valence-electron chi connectivity index (χ0n) is 21.5. The summed E-state index contributed by atoms with van der Waals surface area (Å²) in [5.74, 6) is -0.917. The summed E-state index contributed by atoms with van der Waals surface area (Å²) in [5.41, 5.74) is 9.94. The largest absolute Gasteiger partial charge is 0.403 e. The van der Waals surface area contributed by atoms with Crippen molar-refractivity contribution in [2.75, 3.05) is 5.32 Å².